The first-order valence-electron chi connectivity index (χ1n) is 5.19. The van der Waals surface area contributed by atoms with Crippen LogP contribution in [0.5, 0.6) is 5.88 Å². The van der Waals surface area contributed by atoms with Crippen LogP contribution >= 0.6 is 11.6 Å². The molecular weight excluding hydrogens is 230 g/mol. The second-order valence-electron chi connectivity index (χ2n) is 2.90. The van der Waals surface area contributed by atoms with Crippen molar-refractivity contribution in [2.24, 2.45) is 0 Å². The first kappa shape index (κ1) is 13.0. The van der Waals surface area contributed by atoms with Crippen LogP contribution in [0.3, 0.4) is 0 Å². The van der Waals surface area contributed by atoms with Gasteiger partial charge in [-0.05, 0) is 6.92 Å². The molecule has 0 saturated carbocycles. The minimum Gasteiger partial charge on any atom is -0.478 e. The summed E-state index contributed by atoms with van der Waals surface area (Å²) >= 11 is 5.47. The Bertz CT molecular complexity index is 299. The lowest BCUT2D eigenvalue weighted by molar-refractivity contribution is 0.160. The van der Waals surface area contributed by atoms with Gasteiger partial charge in [0.05, 0.1) is 19.8 Å². The first-order chi connectivity index (χ1) is 7.86. The Hall–Kier alpha value is -1.07. The molecule has 1 aromatic heterocycles. The van der Waals surface area contributed by atoms with E-state index in [4.69, 9.17) is 21.1 Å². The van der Waals surface area contributed by atoms with Gasteiger partial charge in [-0.25, -0.2) is 9.97 Å². The van der Waals surface area contributed by atoms with Crippen LogP contribution in [-0.4, -0.2) is 42.2 Å². The Kier molecular flexibility index (Phi) is 6.60. The molecule has 0 fully saturated rings. The standard InChI is InChI=1S/C10H16ClN3O2/c1-2-16-10-7-9(13-8-14-10)12-4-6-15-5-3-11/h7-8H,2-6H2,1H3,(H,12,13,14). The summed E-state index contributed by atoms with van der Waals surface area (Å²) < 4.78 is 10.5. The molecule has 5 nitrogen and oxygen atoms in total. The molecule has 1 heterocycles. The van der Waals surface area contributed by atoms with Gasteiger partial charge in [-0.1, -0.05) is 0 Å². The van der Waals surface area contributed by atoms with Gasteiger partial charge in [0, 0.05) is 18.5 Å². The predicted octanol–water partition coefficient (Wildman–Crippen LogP) is 1.54. The normalized spacial score (nSPS) is 10.1. The van der Waals surface area contributed by atoms with Crippen LogP contribution in [0.15, 0.2) is 12.4 Å². The predicted molar refractivity (Wildman–Crippen MR) is 63.2 cm³/mol. The lowest BCUT2D eigenvalue weighted by Crippen LogP contribution is -2.11. The maximum Gasteiger partial charge on any atom is 0.218 e. The highest BCUT2D eigenvalue weighted by atomic mass is 35.5. The molecule has 90 valence electrons. The van der Waals surface area contributed by atoms with Crippen LogP contribution in [-0.2, 0) is 4.74 Å². The van der Waals surface area contributed by atoms with Crippen molar-refractivity contribution < 1.29 is 9.47 Å². The largest absolute Gasteiger partial charge is 0.478 e. The Morgan fingerprint density at radius 3 is 3.00 bits per heavy atom. The van der Waals surface area contributed by atoms with Crippen molar-refractivity contribution in [3.63, 3.8) is 0 Å². The number of nitrogens with zero attached hydrogens (tertiary/aromatic N) is 2. The minimum atomic E-state index is 0.516. The summed E-state index contributed by atoms with van der Waals surface area (Å²) in [5.74, 6) is 1.82. The highest BCUT2D eigenvalue weighted by Gasteiger charge is 1.98. The molecule has 0 amide bonds. The molecule has 0 aliphatic carbocycles. The van der Waals surface area contributed by atoms with E-state index >= 15 is 0 Å². The first-order valence-corrected chi connectivity index (χ1v) is 5.72. The van der Waals surface area contributed by atoms with Crippen LogP contribution in [0.2, 0.25) is 0 Å². The molecule has 1 aromatic rings. The summed E-state index contributed by atoms with van der Waals surface area (Å²) in [6.07, 6.45) is 1.47. The summed E-state index contributed by atoms with van der Waals surface area (Å²) in [7, 11) is 0. The molecule has 6 heteroatoms. The average Bonchev–Trinajstić information content (AvgIpc) is 2.30. The minimum absolute atomic E-state index is 0.516. The molecule has 0 unspecified atom stereocenters. The average molecular weight is 246 g/mol. The molecule has 0 aromatic carbocycles. The van der Waals surface area contributed by atoms with Crippen LogP contribution in [0, 0.1) is 0 Å². The lowest BCUT2D eigenvalue weighted by atomic mass is 10.5. The van der Waals surface area contributed by atoms with E-state index < -0.39 is 0 Å². The number of hydrogen-bond acceptors (Lipinski definition) is 5. The zero-order valence-electron chi connectivity index (χ0n) is 9.28. The molecule has 1 N–H and O–H groups in total. The van der Waals surface area contributed by atoms with Crippen LogP contribution in [0.1, 0.15) is 6.92 Å². The smallest absolute Gasteiger partial charge is 0.218 e. The molecule has 0 bridgehead atoms. The molecular formula is C10H16ClN3O2. The molecule has 0 radical (unpaired) electrons. The second-order valence-corrected chi connectivity index (χ2v) is 3.28. The number of ether oxygens (including phenoxy) is 2. The molecule has 1 rings (SSSR count). The van der Waals surface area contributed by atoms with Crippen molar-refractivity contribution in [2.45, 2.75) is 6.92 Å². The van der Waals surface area contributed by atoms with Crippen LogP contribution in [0.25, 0.3) is 0 Å². The van der Waals surface area contributed by atoms with Gasteiger partial charge in [0.15, 0.2) is 0 Å². The molecule has 0 aliphatic heterocycles. The van der Waals surface area contributed by atoms with Gasteiger partial charge >= 0.3 is 0 Å². The third-order valence-corrected chi connectivity index (χ3v) is 1.86. The van der Waals surface area contributed by atoms with Crippen LogP contribution < -0.4 is 10.1 Å². The summed E-state index contributed by atoms with van der Waals surface area (Å²) in [5.41, 5.74) is 0. The molecule has 16 heavy (non-hydrogen) atoms. The van der Waals surface area contributed by atoms with Gasteiger partial charge in [-0.2, -0.15) is 0 Å². The highest BCUT2D eigenvalue weighted by molar-refractivity contribution is 6.17. The lowest BCUT2D eigenvalue weighted by Gasteiger charge is -2.07. The molecule has 0 atom stereocenters. The quantitative estimate of drug-likeness (QED) is 0.556. The summed E-state index contributed by atoms with van der Waals surface area (Å²) in [5, 5.41) is 3.10. The molecule has 0 aliphatic rings. The number of hydrogen-bond donors (Lipinski definition) is 1. The number of nitrogens with one attached hydrogen (secondary N) is 1. The molecule has 0 saturated heterocycles. The Morgan fingerprint density at radius 2 is 2.25 bits per heavy atom. The number of aromatic nitrogens is 2. The monoisotopic (exact) mass is 245 g/mol. The zero-order chi connectivity index (χ0) is 11.6. The van der Waals surface area contributed by atoms with E-state index in [-0.39, 0.29) is 0 Å². The van der Waals surface area contributed by atoms with E-state index in [1.54, 1.807) is 6.07 Å². The number of alkyl halides is 1. The third-order valence-electron chi connectivity index (χ3n) is 1.71. The Labute approximate surface area is 100 Å². The van der Waals surface area contributed by atoms with E-state index in [1.165, 1.54) is 6.33 Å². The fourth-order valence-electron chi connectivity index (χ4n) is 1.07. The van der Waals surface area contributed by atoms with Crippen molar-refractivity contribution in [2.75, 3.05) is 37.6 Å². The van der Waals surface area contributed by atoms with E-state index in [0.717, 1.165) is 5.82 Å². The van der Waals surface area contributed by atoms with E-state index in [1.807, 2.05) is 6.92 Å². The Morgan fingerprint density at radius 1 is 1.38 bits per heavy atom. The Balaban J connectivity index is 2.27. The summed E-state index contributed by atoms with van der Waals surface area (Å²) in [6, 6.07) is 1.76. The third kappa shape index (κ3) is 5.14. The van der Waals surface area contributed by atoms with Crippen molar-refractivity contribution in [1.82, 2.24) is 9.97 Å². The second kappa shape index (κ2) is 8.13. The van der Waals surface area contributed by atoms with Gasteiger partial charge in [0.2, 0.25) is 5.88 Å². The van der Waals surface area contributed by atoms with Crippen LogP contribution in [0.4, 0.5) is 5.82 Å². The van der Waals surface area contributed by atoms with Gasteiger partial charge in [-0.15, -0.1) is 11.6 Å². The SMILES string of the molecule is CCOc1cc(NCCOCCCl)ncn1. The van der Waals surface area contributed by atoms with Gasteiger partial charge in [-0.3, -0.25) is 0 Å². The molecule has 0 spiro atoms. The number of halogens is 1. The van der Waals surface area contributed by atoms with Crippen molar-refractivity contribution >= 4 is 17.4 Å². The van der Waals surface area contributed by atoms with Gasteiger partial charge in [0.25, 0.3) is 0 Å². The zero-order valence-corrected chi connectivity index (χ0v) is 10.0. The van der Waals surface area contributed by atoms with Gasteiger partial charge < -0.3 is 14.8 Å². The number of rotatable bonds is 8. The fourth-order valence-corrected chi connectivity index (χ4v) is 1.18. The maximum atomic E-state index is 5.47. The summed E-state index contributed by atoms with van der Waals surface area (Å²) in [4.78, 5) is 8.02. The fraction of sp³-hybridized carbons (Fsp3) is 0.600. The van der Waals surface area contributed by atoms with Crippen molar-refractivity contribution in [3.8, 4) is 5.88 Å². The van der Waals surface area contributed by atoms with E-state index in [0.29, 0.717) is 38.1 Å². The highest BCUT2D eigenvalue weighted by Crippen LogP contribution is 2.10. The van der Waals surface area contributed by atoms with E-state index in [2.05, 4.69) is 15.3 Å². The van der Waals surface area contributed by atoms with Gasteiger partial charge in [0.1, 0.15) is 12.1 Å². The summed E-state index contributed by atoms with van der Waals surface area (Å²) in [6.45, 7) is 4.35. The van der Waals surface area contributed by atoms with E-state index in [9.17, 15) is 0 Å². The number of anilines is 1. The van der Waals surface area contributed by atoms with Crippen molar-refractivity contribution in [3.05, 3.63) is 12.4 Å². The topological polar surface area (TPSA) is 56.3 Å². The van der Waals surface area contributed by atoms with Crippen molar-refractivity contribution in [1.29, 1.82) is 0 Å². The maximum absolute atomic E-state index is 5.47.